The normalized spacial score (nSPS) is 15.8. The number of amides is 3. The van der Waals surface area contributed by atoms with Gasteiger partial charge in [-0.25, -0.2) is 9.69 Å². The largest absolute Gasteiger partial charge is 0.493 e. The quantitative estimate of drug-likeness (QED) is 0.639. The van der Waals surface area contributed by atoms with Crippen molar-refractivity contribution in [3.05, 3.63) is 64.3 Å². The average molecular weight is 387 g/mol. The van der Waals surface area contributed by atoms with Crippen LogP contribution in [0.5, 0.6) is 5.75 Å². The van der Waals surface area contributed by atoms with E-state index in [1.165, 1.54) is 0 Å². The fourth-order valence-corrected chi connectivity index (χ4v) is 2.80. The number of hydrogen-bond acceptors (Lipinski definition) is 3. The Kier molecular flexibility index (Phi) is 4.66. The van der Waals surface area contributed by atoms with Crippen molar-refractivity contribution in [3.8, 4) is 5.75 Å². The molecule has 122 valence electrons. The monoisotopic (exact) mass is 386 g/mol. The van der Waals surface area contributed by atoms with Crippen molar-refractivity contribution in [1.82, 2.24) is 5.32 Å². The molecule has 0 radical (unpaired) electrons. The van der Waals surface area contributed by atoms with Crippen LogP contribution in [0.2, 0.25) is 0 Å². The van der Waals surface area contributed by atoms with Gasteiger partial charge < -0.3 is 10.1 Å². The van der Waals surface area contributed by atoms with Crippen molar-refractivity contribution < 1.29 is 14.3 Å². The number of para-hydroxylation sites is 1. The van der Waals surface area contributed by atoms with E-state index in [-0.39, 0.29) is 5.70 Å². The molecule has 3 rings (SSSR count). The van der Waals surface area contributed by atoms with Crippen LogP contribution in [-0.4, -0.2) is 18.5 Å². The van der Waals surface area contributed by atoms with Crippen LogP contribution in [0.15, 0.2) is 58.7 Å². The van der Waals surface area contributed by atoms with Gasteiger partial charge in [0.1, 0.15) is 11.4 Å². The molecule has 6 heteroatoms. The first-order chi connectivity index (χ1) is 11.6. The maximum atomic E-state index is 12.6. The molecule has 0 bridgehead atoms. The third-order valence-corrected chi connectivity index (χ3v) is 3.96. The molecule has 24 heavy (non-hydrogen) atoms. The van der Waals surface area contributed by atoms with Crippen molar-refractivity contribution >= 4 is 39.6 Å². The van der Waals surface area contributed by atoms with E-state index in [4.69, 9.17) is 4.74 Å². The van der Waals surface area contributed by atoms with Crippen LogP contribution in [0.25, 0.3) is 6.08 Å². The Morgan fingerprint density at radius 1 is 1.17 bits per heavy atom. The van der Waals surface area contributed by atoms with Gasteiger partial charge in [-0.15, -0.1) is 0 Å². The number of hydrogen-bond donors (Lipinski definition) is 1. The van der Waals surface area contributed by atoms with Crippen molar-refractivity contribution in [2.45, 2.75) is 6.92 Å². The van der Waals surface area contributed by atoms with E-state index in [0.717, 1.165) is 9.37 Å². The molecule has 0 atom stereocenters. The molecule has 5 nitrogen and oxygen atoms in total. The lowest BCUT2D eigenvalue weighted by atomic mass is 10.1. The van der Waals surface area contributed by atoms with Gasteiger partial charge in [0.25, 0.3) is 5.91 Å². The summed E-state index contributed by atoms with van der Waals surface area (Å²) in [6.07, 6.45) is 1.62. The van der Waals surface area contributed by atoms with E-state index < -0.39 is 11.9 Å². The second-order valence-corrected chi connectivity index (χ2v) is 6.00. The smallest absolute Gasteiger partial charge is 0.333 e. The van der Waals surface area contributed by atoms with E-state index >= 15 is 0 Å². The molecular weight excluding hydrogens is 372 g/mol. The number of carbonyl (C=O) groups is 2. The second-order valence-electron chi connectivity index (χ2n) is 5.08. The van der Waals surface area contributed by atoms with Gasteiger partial charge in [0, 0.05) is 10.0 Å². The van der Waals surface area contributed by atoms with E-state index in [1.807, 2.05) is 31.2 Å². The molecular formula is C18H15BrN2O3. The number of nitrogens with zero attached hydrogens (tertiary/aromatic N) is 1. The van der Waals surface area contributed by atoms with Gasteiger partial charge in [-0.2, -0.15) is 0 Å². The molecule has 0 aliphatic carbocycles. The van der Waals surface area contributed by atoms with Gasteiger partial charge in [-0.3, -0.25) is 4.79 Å². The maximum absolute atomic E-state index is 12.6. The lowest BCUT2D eigenvalue weighted by Gasteiger charge is -2.11. The molecule has 0 spiro atoms. The summed E-state index contributed by atoms with van der Waals surface area (Å²) in [6, 6.07) is 13.9. The predicted molar refractivity (Wildman–Crippen MR) is 95.7 cm³/mol. The average Bonchev–Trinajstić information content (AvgIpc) is 2.85. The fraction of sp³-hybridized carbons (Fsp3) is 0.111. The van der Waals surface area contributed by atoms with Gasteiger partial charge in [0.2, 0.25) is 0 Å². The number of urea groups is 1. The van der Waals surface area contributed by atoms with Gasteiger partial charge in [0.15, 0.2) is 0 Å². The van der Waals surface area contributed by atoms with Gasteiger partial charge in [0.05, 0.1) is 12.3 Å². The van der Waals surface area contributed by atoms with Gasteiger partial charge in [-0.05, 0) is 43.3 Å². The molecule has 1 fully saturated rings. The zero-order valence-electron chi connectivity index (χ0n) is 13.0. The van der Waals surface area contributed by atoms with E-state index in [9.17, 15) is 9.59 Å². The molecule has 0 unspecified atom stereocenters. The molecule has 1 heterocycles. The summed E-state index contributed by atoms with van der Waals surface area (Å²) >= 11 is 3.40. The first-order valence-corrected chi connectivity index (χ1v) is 8.24. The molecule has 1 aliphatic heterocycles. The minimum atomic E-state index is -0.467. The molecule has 2 aromatic rings. The zero-order valence-corrected chi connectivity index (χ0v) is 14.5. The van der Waals surface area contributed by atoms with Crippen molar-refractivity contribution in [2.24, 2.45) is 0 Å². The highest BCUT2D eigenvalue weighted by Crippen LogP contribution is 2.27. The molecule has 1 N–H and O–H groups in total. The molecule has 2 aromatic carbocycles. The summed E-state index contributed by atoms with van der Waals surface area (Å²) in [7, 11) is 0. The summed E-state index contributed by atoms with van der Waals surface area (Å²) < 4.78 is 6.43. The predicted octanol–water partition coefficient (Wildman–Crippen LogP) is 3.95. The van der Waals surface area contributed by atoms with Crippen LogP contribution < -0.4 is 15.0 Å². The van der Waals surface area contributed by atoms with Crippen LogP contribution in [0.4, 0.5) is 10.5 Å². The molecule has 0 aromatic heterocycles. The second kappa shape index (κ2) is 6.88. The van der Waals surface area contributed by atoms with Crippen LogP contribution in [0, 0.1) is 0 Å². The van der Waals surface area contributed by atoms with Crippen molar-refractivity contribution in [2.75, 3.05) is 11.5 Å². The Balaban J connectivity index is 1.97. The van der Waals surface area contributed by atoms with E-state index in [0.29, 0.717) is 23.6 Å². The highest BCUT2D eigenvalue weighted by molar-refractivity contribution is 9.10. The van der Waals surface area contributed by atoms with Crippen molar-refractivity contribution in [3.63, 3.8) is 0 Å². The number of anilines is 1. The summed E-state index contributed by atoms with van der Waals surface area (Å²) in [5, 5.41) is 2.62. The zero-order chi connectivity index (χ0) is 17.1. The lowest BCUT2D eigenvalue weighted by molar-refractivity contribution is -0.113. The highest BCUT2D eigenvalue weighted by atomic mass is 79.9. The Bertz CT molecular complexity index is 818. The third kappa shape index (κ3) is 3.19. The maximum Gasteiger partial charge on any atom is 0.333 e. The van der Waals surface area contributed by atoms with Crippen molar-refractivity contribution in [1.29, 1.82) is 0 Å². The first kappa shape index (κ1) is 16.3. The number of nitrogens with one attached hydrogen (secondary N) is 1. The van der Waals surface area contributed by atoms with Crippen LogP contribution in [0.3, 0.4) is 0 Å². The lowest BCUT2D eigenvalue weighted by Crippen LogP contribution is -2.30. The number of rotatable bonds is 4. The van der Waals surface area contributed by atoms with Gasteiger partial charge >= 0.3 is 6.03 Å². The number of halogens is 1. The summed E-state index contributed by atoms with van der Waals surface area (Å²) in [5.41, 5.74) is 1.45. The highest BCUT2D eigenvalue weighted by Gasteiger charge is 2.34. The molecule has 1 aliphatic rings. The number of imide groups is 1. The summed E-state index contributed by atoms with van der Waals surface area (Å²) in [6.45, 7) is 2.40. The first-order valence-electron chi connectivity index (χ1n) is 7.44. The summed E-state index contributed by atoms with van der Waals surface area (Å²) in [5.74, 6) is 0.252. The molecule has 1 saturated heterocycles. The number of ether oxygens (including phenoxy) is 1. The minimum Gasteiger partial charge on any atom is -0.493 e. The Morgan fingerprint density at radius 3 is 2.62 bits per heavy atom. The van der Waals surface area contributed by atoms with E-state index in [1.54, 1.807) is 30.3 Å². The standard InChI is InChI=1S/C18H15BrN2O3/c1-2-24-16-9-8-13(19)10-12(16)11-15-17(22)21(18(23)20-15)14-6-4-3-5-7-14/h3-11H,2H2,1H3,(H,20,23)/b15-11+. The fourth-order valence-electron chi connectivity index (χ4n) is 2.42. The van der Waals surface area contributed by atoms with E-state index in [2.05, 4.69) is 21.2 Å². The topological polar surface area (TPSA) is 58.6 Å². The number of benzene rings is 2. The Labute approximate surface area is 148 Å². The Morgan fingerprint density at radius 2 is 1.92 bits per heavy atom. The SMILES string of the molecule is CCOc1ccc(Br)cc1/C=C1/NC(=O)N(c2ccccc2)C1=O. The van der Waals surface area contributed by atoms with Crippen LogP contribution in [-0.2, 0) is 4.79 Å². The third-order valence-electron chi connectivity index (χ3n) is 3.46. The number of carbonyl (C=O) groups excluding carboxylic acids is 2. The molecule has 0 saturated carbocycles. The van der Waals surface area contributed by atoms with Gasteiger partial charge in [-0.1, -0.05) is 34.1 Å². The minimum absolute atomic E-state index is 0.211. The Hall–Kier alpha value is -2.60. The molecule has 3 amide bonds. The van der Waals surface area contributed by atoms with Crippen LogP contribution in [0.1, 0.15) is 12.5 Å². The van der Waals surface area contributed by atoms with Crippen LogP contribution >= 0.6 is 15.9 Å². The summed E-state index contributed by atoms with van der Waals surface area (Å²) in [4.78, 5) is 25.9.